The minimum absolute atomic E-state index is 0.0323. The summed E-state index contributed by atoms with van der Waals surface area (Å²) in [5.41, 5.74) is 0.731. The minimum atomic E-state index is 0.0323. The quantitative estimate of drug-likeness (QED) is 0.621. The Bertz CT molecular complexity index is 766. The first-order valence-corrected chi connectivity index (χ1v) is 9.67. The predicted molar refractivity (Wildman–Crippen MR) is 105 cm³/mol. The van der Waals surface area contributed by atoms with E-state index in [1.165, 1.54) is 0 Å². The smallest absolute Gasteiger partial charge is 0.180 e. The van der Waals surface area contributed by atoms with E-state index in [1.54, 1.807) is 19.5 Å². The molecule has 8 nitrogen and oxygen atoms in total. The van der Waals surface area contributed by atoms with Gasteiger partial charge in [-0.15, -0.1) is 0 Å². The molecular formula is C20H28N4O4. The third-order valence-electron chi connectivity index (χ3n) is 4.36. The van der Waals surface area contributed by atoms with Crippen LogP contribution in [0.15, 0.2) is 18.5 Å². The molecule has 152 valence electrons. The summed E-state index contributed by atoms with van der Waals surface area (Å²) in [6, 6.07) is 1.84. The Hall–Kier alpha value is -2.61. The molecule has 3 heterocycles. The Balaban J connectivity index is 1.68. The Labute approximate surface area is 165 Å². The van der Waals surface area contributed by atoms with Gasteiger partial charge in [0.2, 0.25) is 0 Å². The van der Waals surface area contributed by atoms with E-state index in [4.69, 9.17) is 18.9 Å². The van der Waals surface area contributed by atoms with Gasteiger partial charge in [0.15, 0.2) is 23.1 Å². The fourth-order valence-electron chi connectivity index (χ4n) is 2.80. The van der Waals surface area contributed by atoms with Crippen LogP contribution in [0, 0.1) is 6.92 Å². The molecule has 1 aliphatic rings. The van der Waals surface area contributed by atoms with Crippen LogP contribution in [0.25, 0.3) is 0 Å². The van der Waals surface area contributed by atoms with Gasteiger partial charge in [0, 0.05) is 19.0 Å². The van der Waals surface area contributed by atoms with Crippen LogP contribution in [0.4, 0.5) is 5.82 Å². The van der Waals surface area contributed by atoms with Crippen molar-refractivity contribution in [3.63, 3.8) is 0 Å². The van der Waals surface area contributed by atoms with Crippen LogP contribution in [-0.2, 0) is 11.3 Å². The maximum Gasteiger partial charge on any atom is 0.180 e. The number of ether oxygens (including phenoxy) is 4. The van der Waals surface area contributed by atoms with Crippen molar-refractivity contribution in [1.29, 1.82) is 0 Å². The molecule has 28 heavy (non-hydrogen) atoms. The highest BCUT2D eigenvalue weighted by atomic mass is 16.6. The predicted octanol–water partition coefficient (Wildman–Crippen LogP) is 3.15. The van der Waals surface area contributed by atoms with Gasteiger partial charge in [-0.1, -0.05) is 13.3 Å². The van der Waals surface area contributed by atoms with Crippen LogP contribution in [0.2, 0.25) is 0 Å². The molecule has 0 bridgehead atoms. The second-order valence-corrected chi connectivity index (χ2v) is 6.63. The third kappa shape index (κ3) is 5.45. The second kappa shape index (κ2) is 10.1. The SMILES string of the molecule is CCCCNc1nc(C)ncc1OCc1cc(OC2CCOC2)c(OC)cn1. The lowest BCUT2D eigenvalue weighted by Gasteiger charge is -2.16. The first-order chi connectivity index (χ1) is 13.7. The minimum Gasteiger partial charge on any atom is -0.491 e. The van der Waals surface area contributed by atoms with Crippen molar-refractivity contribution in [2.45, 2.75) is 45.8 Å². The Morgan fingerprint density at radius 2 is 2.07 bits per heavy atom. The number of hydrogen-bond acceptors (Lipinski definition) is 8. The highest BCUT2D eigenvalue weighted by Gasteiger charge is 2.20. The number of rotatable bonds is 10. The van der Waals surface area contributed by atoms with Crippen LogP contribution >= 0.6 is 0 Å². The van der Waals surface area contributed by atoms with Crippen molar-refractivity contribution < 1.29 is 18.9 Å². The molecule has 1 atom stereocenters. The van der Waals surface area contributed by atoms with Crippen molar-refractivity contribution in [2.24, 2.45) is 0 Å². The topological polar surface area (TPSA) is 87.6 Å². The lowest BCUT2D eigenvalue weighted by molar-refractivity contribution is 0.138. The molecular weight excluding hydrogens is 360 g/mol. The fraction of sp³-hybridized carbons (Fsp3) is 0.550. The van der Waals surface area contributed by atoms with E-state index in [2.05, 4.69) is 27.2 Å². The normalized spacial score (nSPS) is 16.0. The van der Waals surface area contributed by atoms with E-state index in [0.29, 0.717) is 35.5 Å². The lowest BCUT2D eigenvalue weighted by atomic mass is 10.3. The Kier molecular flexibility index (Phi) is 7.25. The van der Waals surface area contributed by atoms with Crippen molar-refractivity contribution in [3.05, 3.63) is 30.0 Å². The molecule has 0 aromatic carbocycles. The molecule has 1 unspecified atom stereocenters. The van der Waals surface area contributed by atoms with E-state index < -0.39 is 0 Å². The summed E-state index contributed by atoms with van der Waals surface area (Å²) in [6.07, 6.45) is 6.41. The molecule has 0 amide bonds. The highest BCUT2D eigenvalue weighted by Crippen LogP contribution is 2.30. The highest BCUT2D eigenvalue weighted by molar-refractivity contribution is 5.48. The summed E-state index contributed by atoms with van der Waals surface area (Å²) >= 11 is 0. The maximum absolute atomic E-state index is 6.01. The lowest BCUT2D eigenvalue weighted by Crippen LogP contribution is -2.16. The van der Waals surface area contributed by atoms with E-state index in [9.17, 15) is 0 Å². The van der Waals surface area contributed by atoms with Gasteiger partial charge in [0.25, 0.3) is 0 Å². The van der Waals surface area contributed by atoms with Gasteiger partial charge in [-0.3, -0.25) is 4.98 Å². The molecule has 0 saturated carbocycles. The molecule has 2 aromatic heterocycles. The van der Waals surface area contributed by atoms with Crippen LogP contribution in [0.1, 0.15) is 37.7 Å². The molecule has 1 saturated heterocycles. The van der Waals surface area contributed by atoms with Crippen molar-refractivity contribution in [3.8, 4) is 17.2 Å². The van der Waals surface area contributed by atoms with Crippen LogP contribution in [0.5, 0.6) is 17.2 Å². The number of aromatic nitrogens is 3. The number of anilines is 1. The summed E-state index contributed by atoms with van der Waals surface area (Å²) in [7, 11) is 1.60. The van der Waals surface area contributed by atoms with Gasteiger partial charge in [-0.2, -0.15) is 0 Å². The van der Waals surface area contributed by atoms with Crippen molar-refractivity contribution in [2.75, 3.05) is 32.2 Å². The van der Waals surface area contributed by atoms with Crippen molar-refractivity contribution >= 4 is 5.82 Å². The molecule has 0 radical (unpaired) electrons. The van der Waals surface area contributed by atoms with Crippen LogP contribution < -0.4 is 19.5 Å². The molecule has 0 aliphatic carbocycles. The molecule has 1 aliphatic heterocycles. The average Bonchev–Trinajstić information content (AvgIpc) is 3.21. The largest absolute Gasteiger partial charge is 0.491 e. The van der Waals surface area contributed by atoms with E-state index in [1.807, 2.05) is 13.0 Å². The average molecular weight is 388 g/mol. The van der Waals surface area contributed by atoms with E-state index in [0.717, 1.165) is 38.1 Å². The van der Waals surface area contributed by atoms with E-state index >= 15 is 0 Å². The number of pyridine rings is 1. The first-order valence-electron chi connectivity index (χ1n) is 9.67. The van der Waals surface area contributed by atoms with Crippen molar-refractivity contribution in [1.82, 2.24) is 15.0 Å². The summed E-state index contributed by atoms with van der Waals surface area (Å²) in [6.45, 7) is 6.43. The van der Waals surface area contributed by atoms with Gasteiger partial charge in [0.1, 0.15) is 18.5 Å². The molecule has 0 spiro atoms. The third-order valence-corrected chi connectivity index (χ3v) is 4.36. The van der Waals surface area contributed by atoms with E-state index in [-0.39, 0.29) is 12.7 Å². The summed E-state index contributed by atoms with van der Waals surface area (Å²) in [4.78, 5) is 13.1. The number of unbranched alkanes of at least 4 members (excludes halogenated alkanes) is 1. The monoisotopic (exact) mass is 388 g/mol. The van der Waals surface area contributed by atoms with Gasteiger partial charge in [-0.25, -0.2) is 9.97 Å². The number of nitrogens with zero attached hydrogens (tertiary/aromatic N) is 3. The standard InChI is InChI=1S/C20H28N4O4/c1-4-5-7-21-20-19(11-22-14(2)24-20)27-12-15-9-17(18(25-3)10-23-15)28-16-6-8-26-13-16/h9-11,16H,4-8,12-13H2,1-3H3,(H,21,22,24). The van der Waals surface area contributed by atoms with Crippen LogP contribution in [0.3, 0.4) is 0 Å². The van der Waals surface area contributed by atoms with Gasteiger partial charge >= 0.3 is 0 Å². The van der Waals surface area contributed by atoms with Crippen LogP contribution in [-0.4, -0.2) is 47.9 Å². The van der Waals surface area contributed by atoms with Gasteiger partial charge in [0.05, 0.1) is 38.4 Å². The molecule has 1 N–H and O–H groups in total. The molecule has 1 fully saturated rings. The first kappa shape index (κ1) is 20.1. The van der Waals surface area contributed by atoms with Gasteiger partial charge < -0.3 is 24.3 Å². The molecule has 3 rings (SSSR count). The zero-order valence-corrected chi connectivity index (χ0v) is 16.7. The summed E-state index contributed by atoms with van der Waals surface area (Å²) in [5.74, 6) is 3.24. The summed E-state index contributed by atoms with van der Waals surface area (Å²) in [5, 5.41) is 3.31. The molecule has 8 heteroatoms. The fourth-order valence-corrected chi connectivity index (χ4v) is 2.80. The molecule has 2 aromatic rings. The Morgan fingerprint density at radius 3 is 2.82 bits per heavy atom. The maximum atomic E-state index is 6.01. The summed E-state index contributed by atoms with van der Waals surface area (Å²) < 4.78 is 22.7. The Morgan fingerprint density at radius 1 is 1.21 bits per heavy atom. The zero-order chi connectivity index (χ0) is 19.8. The van der Waals surface area contributed by atoms with Gasteiger partial charge in [-0.05, 0) is 13.3 Å². The number of aryl methyl sites for hydroxylation is 1. The number of nitrogens with one attached hydrogen (secondary N) is 1. The zero-order valence-electron chi connectivity index (χ0n) is 16.7. The second-order valence-electron chi connectivity index (χ2n) is 6.63. The number of hydrogen-bond donors (Lipinski definition) is 1. The number of methoxy groups -OCH3 is 1.